The summed E-state index contributed by atoms with van der Waals surface area (Å²) in [6.45, 7) is 3.78. The molecule has 0 amide bonds. The normalized spacial score (nSPS) is 9.64. The van der Waals surface area contributed by atoms with Gasteiger partial charge in [0, 0.05) is 5.56 Å². The van der Waals surface area contributed by atoms with E-state index in [1.807, 2.05) is 6.07 Å². The van der Waals surface area contributed by atoms with Crippen LogP contribution in [-0.2, 0) is 4.84 Å². The fourth-order valence-electron chi connectivity index (χ4n) is 1.04. The van der Waals surface area contributed by atoms with Crippen molar-refractivity contribution in [3.8, 4) is 5.75 Å². The first-order valence-electron chi connectivity index (χ1n) is 4.01. The van der Waals surface area contributed by atoms with Gasteiger partial charge in [0.25, 0.3) is 0 Å². The fraction of sp³-hybridized carbons (Fsp3) is 0.200. The first-order chi connectivity index (χ1) is 6.69. The van der Waals surface area contributed by atoms with Crippen LogP contribution >= 0.6 is 11.6 Å². The van der Waals surface area contributed by atoms with Crippen LogP contribution in [0.2, 0.25) is 5.02 Å². The van der Waals surface area contributed by atoms with Crippen molar-refractivity contribution < 1.29 is 9.57 Å². The van der Waals surface area contributed by atoms with Gasteiger partial charge in [0.05, 0.1) is 24.9 Å². The molecular formula is C10H12ClNO2. The lowest BCUT2D eigenvalue weighted by Gasteiger charge is -2.09. The van der Waals surface area contributed by atoms with Crippen molar-refractivity contribution in [3.05, 3.63) is 35.4 Å². The molecule has 0 aliphatic carbocycles. The Hall–Kier alpha value is -1.19. The Bertz CT molecular complexity index is 339. The van der Waals surface area contributed by atoms with Gasteiger partial charge in [0.15, 0.2) is 0 Å². The predicted molar refractivity (Wildman–Crippen MR) is 57.2 cm³/mol. The van der Waals surface area contributed by atoms with Crippen LogP contribution in [0.4, 0.5) is 0 Å². The molecule has 1 aromatic rings. The third-order valence-corrected chi connectivity index (χ3v) is 2.02. The van der Waals surface area contributed by atoms with Crippen LogP contribution in [0.25, 0.3) is 5.70 Å². The van der Waals surface area contributed by atoms with Gasteiger partial charge in [-0.3, -0.25) is 10.3 Å². The van der Waals surface area contributed by atoms with E-state index in [1.165, 1.54) is 7.11 Å². The average molecular weight is 214 g/mol. The van der Waals surface area contributed by atoms with Gasteiger partial charge < -0.3 is 4.74 Å². The number of hydrogen-bond acceptors (Lipinski definition) is 3. The van der Waals surface area contributed by atoms with E-state index in [1.54, 1.807) is 19.2 Å². The van der Waals surface area contributed by atoms with Crippen LogP contribution in [0.15, 0.2) is 24.8 Å². The zero-order chi connectivity index (χ0) is 10.6. The van der Waals surface area contributed by atoms with E-state index < -0.39 is 0 Å². The number of methoxy groups -OCH3 is 1. The minimum atomic E-state index is 0.545. The summed E-state index contributed by atoms with van der Waals surface area (Å²) >= 11 is 5.94. The molecular weight excluding hydrogens is 202 g/mol. The highest BCUT2D eigenvalue weighted by Gasteiger charge is 2.03. The lowest BCUT2D eigenvalue weighted by Crippen LogP contribution is -2.08. The minimum absolute atomic E-state index is 0.545. The van der Waals surface area contributed by atoms with Crippen LogP contribution < -0.4 is 10.2 Å². The van der Waals surface area contributed by atoms with Crippen molar-refractivity contribution in [2.45, 2.75) is 0 Å². The van der Waals surface area contributed by atoms with E-state index in [0.717, 1.165) is 5.56 Å². The number of nitrogens with one attached hydrogen (secondary N) is 1. The van der Waals surface area contributed by atoms with Gasteiger partial charge in [-0.05, 0) is 18.2 Å². The quantitative estimate of drug-likeness (QED) is 0.780. The topological polar surface area (TPSA) is 30.5 Å². The molecule has 0 saturated carbocycles. The average Bonchev–Trinajstić information content (AvgIpc) is 2.18. The summed E-state index contributed by atoms with van der Waals surface area (Å²) < 4.78 is 5.03. The summed E-state index contributed by atoms with van der Waals surface area (Å²) in [7, 11) is 3.10. The van der Waals surface area contributed by atoms with Crippen LogP contribution in [0.1, 0.15) is 5.56 Å². The summed E-state index contributed by atoms with van der Waals surface area (Å²) in [5, 5.41) is 0.545. The third kappa shape index (κ3) is 2.40. The second kappa shape index (κ2) is 4.88. The first kappa shape index (κ1) is 10.9. The molecule has 76 valence electrons. The monoisotopic (exact) mass is 213 g/mol. The van der Waals surface area contributed by atoms with Gasteiger partial charge in [-0.1, -0.05) is 18.2 Å². The number of benzene rings is 1. The van der Waals surface area contributed by atoms with Crippen LogP contribution in [0, 0.1) is 0 Å². The maximum absolute atomic E-state index is 5.94. The van der Waals surface area contributed by atoms with Crippen molar-refractivity contribution in [1.82, 2.24) is 5.48 Å². The zero-order valence-corrected chi connectivity index (χ0v) is 8.89. The smallest absolute Gasteiger partial charge is 0.137 e. The maximum Gasteiger partial charge on any atom is 0.137 e. The third-order valence-electron chi connectivity index (χ3n) is 1.73. The standard InChI is InChI=1S/C10H12ClNO2/c1-7(12-14-3)8-4-5-10(13-2)9(11)6-8/h4-6,12H,1H2,2-3H3. The molecule has 0 spiro atoms. The lowest BCUT2D eigenvalue weighted by atomic mass is 10.2. The van der Waals surface area contributed by atoms with Crippen molar-refractivity contribution in [1.29, 1.82) is 0 Å². The summed E-state index contributed by atoms with van der Waals surface area (Å²) in [4.78, 5) is 4.73. The number of rotatable bonds is 4. The first-order valence-corrected chi connectivity index (χ1v) is 4.38. The molecule has 0 aliphatic rings. The largest absolute Gasteiger partial charge is 0.495 e. The van der Waals surface area contributed by atoms with Gasteiger partial charge in [-0.25, -0.2) is 0 Å². The van der Waals surface area contributed by atoms with Crippen molar-refractivity contribution in [2.24, 2.45) is 0 Å². The number of halogens is 1. The summed E-state index contributed by atoms with van der Waals surface area (Å²) in [5.41, 5.74) is 4.14. The molecule has 0 fully saturated rings. The highest BCUT2D eigenvalue weighted by Crippen LogP contribution is 2.26. The van der Waals surface area contributed by atoms with Crippen LogP contribution in [0.5, 0.6) is 5.75 Å². The van der Waals surface area contributed by atoms with E-state index in [2.05, 4.69) is 12.1 Å². The second-order valence-corrected chi connectivity index (χ2v) is 3.04. The molecule has 0 unspecified atom stereocenters. The molecule has 1 rings (SSSR count). The van der Waals surface area contributed by atoms with Gasteiger partial charge in [-0.2, -0.15) is 0 Å². The molecule has 0 aliphatic heterocycles. The minimum Gasteiger partial charge on any atom is -0.495 e. The van der Waals surface area contributed by atoms with Crippen LogP contribution in [-0.4, -0.2) is 14.2 Å². The summed E-state index contributed by atoms with van der Waals surface area (Å²) in [6, 6.07) is 5.38. The molecule has 0 bridgehead atoms. The summed E-state index contributed by atoms with van der Waals surface area (Å²) in [5.74, 6) is 0.639. The van der Waals surface area contributed by atoms with Crippen molar-refractivity contribution in [3.63, 3.8) is 0 Å². The zero-order valence-electron chi connectivity index (χ0n) is 8.13. The van der Waals surface area contributed by atoms with Crippen molar-refractivity contribution in [2.75, 3.05) is 14.2 Å². The van der Waals surface area contributed by atoms with E-state index >= 15 is 0 Å². The molecule has 1 aromatic carbocycles. The molecule has 1 N–H and O–H groups in total. The second-order valence-electron chi connectivity index (χ2n) is 2.63. The van der Waals surface area contributed by atoms with Gasteiger partial charge in [0.2, 0.25) is 0 Å². The summed E-state index contributed by atoms with van der Waals surface area (Å²) in [6.07, 6.45) is 0. The van der Waals surface area contributed by atoms with Crippen molar-refractivity contribution >= 4 is 17.3 Å². The molecule has 14 heavy (non-hydrogen) atoms. The number of ether oxygens (including phenoxy) is 1. The molecule has 0 heterocycles. The highest BCUT2D eigenvalue weighted by atomic mass is 35.5. The molecule has 3 nitrogen and oxygen atoms in total. The Balaban J connectivity index is 2.91. The number of hydrogen-bond donors (Lipinski definition) is 1. The SMILES string of the molecule is C=C(NOC)c1ccc(OC)c(Cl)c1. The Labute approximate surface area is 88.2 Å². The lowest BCUT2D eigenvalue weighted by molar-refractivity contribution is 0.137. The van der Waals surface area contributed by atoms with E-state index in [9.17, 15) is 0 Å². The van der Waals surface area contributed by atoms with Crippen LogP contribution in [0.3, 0.4) is 0 Å². The highest BCUT2D eigenvalue weighted by molar-refractivity contribution is 6.32. The Morgan fingerprint density at radius 1 is 1.43 bits per heavy atom. The fourth-order valence-corrected chi connectivity index (χ4v) is 1.29. The Morgan fingerprint density at radius 3 is 2.64 bits per heavy atom. The van der Waals surface area contributed by atoms with E-state index in [-0.39, 0.29) is 0 Å². The van der Waals surface area contributed by atoms with E-state index in [4.69, 9.17) is 21.2 Å². The Kier molecular flexibility index (Phi) is 3.80. The predicted octanol–water partition coefficient (Wildman–Crippen LogP) is 2.47. The van der Waals surface area contributed by atoms with E-state index in [0.29, 0.717) is 16.5 Å². The molecule has 4 heteroatoms. The molecule has 0 saturated heterocycles. The molecule has 0 radical (unpaired) electrons. The van der Waals surface area contributed by atoms with Gasteiger partial charge >= 0.3 is 0 Å². The van der Waals surface area contributed by atoms with Gasteiger partial charge in [0.1, 0.15) is 5.75 Å². The Morgan fingerprint density at radius 2 is 2.14 bits per heavy atom. The maximum atomic E-state index is 5.94. The van der Waals surface area contributed by atoms with Gasteiger partial charge in [-0.15, -0.1) is 0 Å². The number of hydroxylamine groups is 1. The molecule has 0 atom stereocenters. The molecule has 0 aromatic heterocycles.